The van der Waals surface area contributed by atoms with E-state index in [1.54, 1.807) is 48.5 Å². The Morgan fingerprint density at radius 3 is 1.52 bits per heavy atom. The standard InChI is InChI=1S/C28H24N6O8/c35-27(31-29-17-23-11-13-25(41-23)19-5-3-7-21(15-19)33(37)38)9-1-2-10-28(36)32-30-18-24-12-14-26(42-24)20-6-4-8-22(16-20)34(39)40/h3-8,11-18H,1-2,9-10H2,(H,31,35)(H,32,36)/b29-17+,30-18+. The first-order valence-electron chi connectivity index (χ1n) is 12.6. The average Bonchev–Trinajstić information content (AvgIpc) is 3.66. The van der Waals surface area contributed by atoms with Gasteiger partial charge in [0.25, 0.3) is 11.4 Å². The highest BCUT2D eigenvalue weighted by Gasteiger charge is 2.11. The van der Waals surface area contributed by atoms with Crippen LogP contribution < -0.4 is 10.9 Å². The lowest BCUT2D eigenvalue weighted by Crippen LogP contribution is -2.18. The van der Waals surface area contributed by atoms with Crippen LogP contribution >= 0.6 is 0 Å². The fraction of sp³-hybridized carbons (Fsp3) is 0.143. The molecule has 0 aliphatic rings. The van der Waals surface area contributed by atoms with Crippen LogP contribution in [-0.4, -0.2) is 34.1 Å². The number of nitro benzene ring substituents is 2. The summed E-state index contributed by atoms with van der Waals surface area (Å²) in [6.07, 6.45) is 3.82. The number of carbonyl (C=O) groups excluding carboxylic acids is 2. The van der Waals surface area contributed by atoms with Gasteiger partial charge in [0.15, 0.2) is 0 Å². The molecule has 42 heavy (non-hydrogen) atoms. The SMILES string of the molecule is O=C(CCCCC(=O)N/N=C/c1ccc(-c2cccc([N+](=O)[O-])c2)o1)N/N=C/c1ccc(-c2cccc([N+](=O)[O-])c2)o1. The Hall–Kier alpha value is -5.92. The second-order valence-corrected chi connectivity index (χ2v) is 8.81. The van der Waals surface area contributed by atoms with Crippen molar-refractivity contribution in [3.05, 3.63) is 105 Å². The van der Waals surface area contributed by atoms with Gasteiger partial charge in [-0.15, -0.1) is 0 Å². The van der Waals surface area contributed by atoms with Crippen molar-refractivity contribution < 1.29 is 28.3 Å². The minimum Gasteiger partial charge on any atom is -0.455 e. The number of furan rings is 2. The maximum Gasteiger partial charge on any atom is 0.270 e. The molecule has 0 bridgehead atoms. The van der Waals surface area contributed by atoms with E-state index in [1.807, 2.05) is 0 Å². The normalized spacial score (nSPS) is 11.1. The predicted octanol–water partition coefficient (Wildman–Crippen LogP) is 5.18. The first kappa shape index (κ1) is 29.1. The molecule has 4 rings (SSSR count). The van der Waals surface area contributed by atoms with E-state index in [2.05, 4.69) is 21.1 Å². The van der Waals surface area contributed by atoms with E-state index in [0.717, 1.165) is 0 Å². The van der Waals surface area contributed by atoms with Gasteiger partial charge in [0.05, 0.1) is 22.3 Å². The Bertz CT molecular complexity index is 1530. The highest BCUT2D eigenvalue weighted by atomic mass is 16.6. The number of rotatable bonds is 13. The number of amides is 2. The number of carbonyl (C=O) groups is 2. The van der Waals surface area contributed by atoms with E-state index in [-0.39, 0.29) is 36.0 Å². The number of hydrogen-bond donors (Lipinski definition) is 2. The summed E-state index contributed by atoms with van der Waals surface area (Å²) in [4.78, 5) is 44.9. The molecule has 14 nitrogen and oxygen atoms in total. The van der Waals surface area contributed by atoms with Gasteiger partial charge >= 0.3 is 0 Å². The van der Waals surface area contributed by atoms with Crippen molar-refractivity contribution in [3.8, 4) is 22.6 Å². The molecule has 0 spiro atoms. The summed E-state index contributed by atoms with van der Waals surface area (Å²) in [5, 5.41) is 29.6. The first-order valence-corrected chi connectivity index (χ1v) is 12.6. The summed E-state index contributed by atoms with van der Waals surface area (Å²) in [5.41, 5.74) is 5.73. The predicted molar refractivity (Wildman–Crippen MR) is 152 cm³/mol. The Morgan fingerprint density at radius 2 is 1.12 bits per heavy atom. The molecule has 0 saturated heterocycles. The van der Waals surface area contributed by atoms with Gasteiger partial charge < -0.3 is 8.83 Å². The molecule has 0 aliphatic heterocycles. The van der Waals surface area contributed by atoms with Crippen LogP contribution in [0, 0.1) is 20.2 Å². The largest absolute Gasteiger partial charge is 0.455 e. The minimum atomic E-state index is -0.491. The molecular formula is C28H24N6O8. The number of nitrogens with one attached hydrogen (secondary N) is 2. The molecule has 2 aromatic carbocycles. The lowest BCUT2D eigenvalue weighted by molar-refractivity contribution is -0.385. The number of unbranched alkanes of at least 4 members (excludes halogenated alkanes) is 1. The van der Waals surface area contributed by atoms with Gasteiger partial charge in [-0.05, 0) is 37.1 Å². The van der Waals surface area contributed by atoms with Crippen molar-refractivity contribution in [2.45, 2.75) is 25.7 Å². The van der Waals surface area contributed by atoms with Crippen molar-refractivity contribution >= 4 is 35.6 Å². The molecule has 0 aliphatic carbocycles. The molecule has 0 fully saturated rings. The maximum atomic E-state index is 12.0. The third-order valence-electron chi connectivity index (χ3n) is 5.76. The quantitative estimate of drug-likeness (QED) is 0.0945. The van der Waals surface area contributed by atoms with Crippen molar-refractivity contribution in [2.24, 2.45) is 10.2 Å². The van der Waals surface area contributed by atoms with Gasteiger partial charge in [-0.3, -0.25) is 29.8 Å². The van der Waals surface area contributed by atoms with Crippen LogP contribution in [0.4, 0.5) is 11.4 Å². The van der Waals surface area contributed by atoms with Crippen LogP contribution in [0.5, 0.6) is 0 Å². The van der Waals surface area contributed by atoms with E-state index in [0.29, 0.717) is 47.0 Å². The van der Waals surface area contributed by atoms with Crippen LogP contribution in [0.2, 0.25) is 0 Å². The fourth-order valence-electron chi connectivity index (χ4n) is 3.72. The number of non-ortho nitro benzene ring substituents is 2. The fourth-order valence-corrected chi connectivity index (χ4v) is 3.72. The summed E-state index contributed by atoms with van der Waals surface area (Å²) in [5.74, 6) is 0.861. The number of benzene rings is 2. The Kier molecular flexibility index (Phi) is 9.64. The third kappa shape index (κ3) is 8.29. The summed E-state index contributed by atoms with van der Waals surface area (Å²) >= 11 is 0. The number of nitro groups is 2. The van der Waals surface area contributed by atoms with E-state index >= 15 is 0 Å². The molecule has 2 amide bonds. The average molecular weight is 573 g/mol. The molecule has 214 valence electrons. The smallest absolute Gasteiger partial charge is 0.270 e. The molecule has 4 aromatic rings. The highest BCUT2D eigenvalue weighted by molar-refractivity contribution is 5.82. The van der Waals surface area contributed by atoms with Crippen molar-refractivity contribution in [1.29, 1.82) is 0 Å². The second kappa shape index (κ2) is 13.9. The van der Waals surface area contributed by atoms with Gasteiger partial charge in [-0.25, -0.2) is 10.9 Å². The van der Waals surface area contributed by atoms with E-state index < -0.39 is 9.85 Å². The van der Waals surface area contributed by atoms with Crippen LogP contribution in [-0.2, 0) is 9.59 Å². The first-order chi connectivity index (χ1) is 20.3. The molecule has 0 saturated carbocycles. The number of hydrogen-bond acceptors (Lipinski definition) is 10. The van der Waals surface area contributed by atoms with Crippen LogP contribution in [0.25, 0.3) is 22.6 Å². The van der Waals surface area contributed by atoms with E-state index in [9.17, 15) is 29.8 Å². The lowest BCUT2D eigenvalue weighted by Gasteiger charge is -2.01. The van der Waals surface area contributed by atoms with Gasteiger partial charge in [0.2, 0.25) is 11.8 Å². The van der Waals surface area contributed by atoms with Crippen molar-refractivity contribution in [3.63, 3.8) is 0 Å². The second-order valence-electron chi connectivity index (χ2n) is 8.81. The van der Waals surface area contributed by atoms with Gasteiger partial charge in [-0.2, -0.15) is 10.2 Å². The van der Waals surface area contributed by atoms with Crippen LogP contribution in [0.1, 0.15) is 37.2 Å². The Labute approximate surface area is 238 Å². The lowest BCUT2D eigenvalue weighted by atomic mass is 10.1. The molecule has 0 unspecified atom stereocenters. The molecule has 2 N–H and O–H groups in total. The van der Waals surface area contributed by atoms with E-state index in [4.69, 9.17) is 8.83 Å². The van der Waals surface area contributed by atoms with Crippen LogP contribution in [0.15, 0.2) is 91.8 Å². The summed E-state index contributed by atoms with van der Waals surface area (Å²) < 4.78 is 11.2. The summed E-state index contributed by atoms with van der Waals surface area (Å²) in [6, 6.07) is 18.6. The molecule has 2 aromatic heterocycles. The van der Waals surface area contributed by atoms with Crippen LogP contribution in [0.3, 0.4) is 0 Å². The zero-order chi connectivity index (χ0) is 29.9. The summed E-state index contributed by atoms with van der Waals surface area (Å²) in [6.45, 7) is 0. The number of nitrogens with zero attached hydrogens (tertiary/aromatic N) is 4. The monoisotopic (exact) mass is 572 g/mol. The third-order valence-corrected chi connectivity index (χ3v) is 5.76. The molecular weight excluding hydrogens is 548 g/mol. The Balaban J connectivity index is 1.13. The molecule has 0 radical (unpaired) electrons. The Morgan fingerprint density at radius 1 is 0.690 bits per heavy atom. The van der Waals surface area contributed by atoms with E-state index in [1.165, 1.54) is 36.7 Å². The zero-order valence-corrected chi connectivity index (χ0v) is 22.0. The zero-order valence-electron chi connectivity index (χ0n) is 22.0. The molecule has 2 heterocycles. The van der Waals surface area contributed by atoms with Gasteiger partial charge in [0, 0.05) is 48.2 Å². The van der Waals surface area contributed by atoms with Crippen molar-refractivity contribution in [1.82, 2.24) is 10.9 Å². The number of hydrazone groups is 2. The van der Waals surface area contributed by atoms with Gasteiger partial charge in [-0.1, -0.05) is 24.3 Å². The maximum absolute atomic E-state index is 12.0. The molecule has 14 heteroatoms. The van der Waals surface area contributed by atoms with Crippen molar-refractivity contribution in [2.75, 3.05) is 0 Å². The summed E-state index contributed by atoms with van der Waals surface area (Å²) in [7, 11) is 0. The topological polar surface area (TPSA) is 195 Å². The van der Waals surface area contributed by atoms with Gasteiger partial charge in [0.1, 0.15) is 23.0 Å². The highest BCUT2D eigenvalue weighted by Crippen LogP contribution is 2.26. The molecule has 0 atom stereocenters. The minimum absolute atomic E-state index is 0.0545.